The third-order valence-corrected chi connectivity index (χ3v) is 6.06. The molecule has 0 fully saturated rings. The number of thiophene rings is 1. The lowest BCUT2D eigenvalue weighted by Crippen LogP contribution is -2.17. The maximum absolute atomic E-state index is 12.5. The predicted molar refractivity (Wildman–Crippen MR) is 106 cm³/mol. The van der Waals surface area contributed by atoms with Gasteiger partial charge in [-0.15, -0.1) is 11.3 Å². The largest absolute Gasteiger partial charge is 0.321 e. The lowest BCUT2D eigenvalue weighted by Gasteiger charge is -2.10. The third-order valence-electron chi connectivity index (χ3n) is 3.53. The molecule has 2 N–H and O–H groups in total. The van der Waals surface area contributed by atoms with Crippen molar-refractivity contribution in [3.63, 3.8) is 0 Å². The van der Waals surface area contributed by atoms with Crippen LogP contribution in [0.25, 0.3) is 0 Å². The Balaban J connectivity index is 1.82. The molecule has 0 bridgehead atoms. The fourth-order valence-electron chi connectivity index (χ4n) is 2.24. The van der Waals surface area contributed by atoms with Crippen LogP contribution in [-0.4, -0.2) is 14.3 Å². The number of hydrogen-bond donors (Lipinski definition) is 2. The number of aryl methyl sites for hydroxylation is 1. The topological polar surface area (TPSA) is 75.3 Å². The van der Waals surface area contributed by atoms with Crippen molar-refractivity contribution in [3.05, 3.63) is 75.4 Å². The van der Waals surface area contributed by atoms with E-state index in [9.17, 15) is 13.2 Å². The smallest absolute Gasteiger partial charge is 0.267 e. The normalized spacial score (nSPS) is 11.2. The molecule has 0 unspecified atom stereocenters. The number of carbonyl (C=O) groups is 1. The van der Waals surface area contributed by atoms with E-state index in [4.69, 9.17) is 11.6 Å². The number of anilines is 2. The minimum atomic E-state index is -3.78. The van der Waals surface area contributed by atoms with Gasteiger partial charge in [0.1, 0.15) is 4.88 Å². The van der Waals surface area contributed by atoms with Gasteiger partial charge in [0.05, 0.1) is 10.6 Å². The van der Waals surface area contributed by atoms with Crippen LogP contribution < -0.4 is 10.0 Å². The van der Waals surface area contributed by atoms with Crippen molar-refractivity contribution in [2.45, 2.75) is 11.8 Å². The highest BCUT2D eigenvalue weighted by Gasteiger charge is 2.20. The van der Waals surface area contributed by atoms with E-state index in [1.54, 1.807) is 47.8 Å². The van der Waals surface area contributed by atoms with Crippen molar-refractivity contribution < 1.29 is 13.2 Å². The first-order chi connectivity index (χ1) is 12.3. The van der Waals surface area contributed by atoms with Crippen LogP contribution in [0.2, 0.25) is 5.02 Å². The van der Waals surface area contributed by atoms with Crippen LogP contribution in [0.5, 0.6) is 0 Å². The molecule has 0 spiro atoms. The van der Waals surface area contributed by atoms with Crippen LogP contribution in [-0.2, 0) is 10.0 Å². The first-order valence-electron chi connectivity index (χ1n) is 7.59. The zero-order valence-electron chi connectivity index (χ0n) is 13.7. The van der Waals surface area contributed by atoms with Crippen molar-refractivity contribution in [1.29, 1.82) is 0 Å². The van der Waals surface area contributed by atoms with Gasteiger partial charge >= 0.3 is 0 Å². The quantitative estimate of drug-likeness (QED) is 0.641. The number of carbonyl (C=O) groups excluding carboxylic acids is 1. The summed E-state index contributed by atoms with van der Waals surface area (Å²) in [6, 6.07) is 14.8. The average molecular weight is 407 g/mol. The molecule has 0 aliphatic rings. The molecule has 0 radical (unpaired) electrons. The van der Waals surface area contributed by atoms with Crippen LogP contribution in [0.4, 0.5) is 11.4 Å². The minimum absolute atomic E-state index is 0.135. The van der Waals surface area contributed by atoms with E-state index in [0.717, 1.165) is 16.9 Å². The van der Waals surface area contributed by atoms with E-state index in [1.165, 1.54) is 12.1 Å². The summed E-state index contributed by atoms with van der Waals surface area (Å²) >= 11 is 7.06. The second kappa shape index (κ2) is 7.49. The van der Waals surface area contributed by atoms with E-state index in [2.05, 4.69) is 10.0 Å². The zero-order chi connectivity index (χ0) is 18.7. The van der Waals surface area contributed by atoms with Gasteiger partial charge in [0.15, 0.2) is 0 Å². The van der Waals surface area contributed by atoms with E-state index in [-0.39, 0.29) is 15.5 Å². The zero-order valence-corrected chi connectivity index (χ0v) is 16.1. The van der Waals surface area contributed by atoms with Gasteiger partial charge in [-0.3, -0.25) is 9.52 Å². The van der Waals surface area contributed by atoms with Crippen molar-refractivity contribution >= 4 is 50.2 Å². The van der Waals surface area contributed by atoms with Crippen molar-refractivity contribution in [1.82, 2.24) is 0 Å². The molecule has 5 nitrogen and oxygen atoms in total. The highest BCUT2D eigenvalue weighted by Crippen LogP contribution is 2.27. The Kier molecular flexibility index (Phi) is 5.31. The molecule has 3 rings (SSSR count). The first-order valence-corrected chi connectivity index (χ1v) is 10.3. The summed E-state index contributed by atoms with van der Waals surface area (Å²) in [7, 11) is -3.78. The molecule has 1 heterocycles. The second-order valence-electron chi connectivity index (χ2n) is 5.55. The summed E-state index contributed by atoms with van der Waals surface area (Å²) in [5, 5.41) is 4.86. The number of amides is 1. The van der Waals surface area contributed by atoms with Gasteiger partial charge in [0.2, 0.25) is 0 Å². The Bertz CT molecular complexity index is 1040. The van der Waals surface area contributed by atoms with Gasteiger partial charge < -0.3 is 5.32 Å². The summed E-state index contributed by atoms with van der Waals surface area (Å²) in [5.41, 5.74) is 1.72. The molecule has 8 heteroatoms. The monoisotopic (exact) mass is 406 g/mol. The van der Waals surface area contributed by atoms with Gasteiger partial charge in [-0.1, -0.05) is 35.4 Å². The predicted octanol–water partition coefficient (Wildman–Crippen LogP) is 4.76. The Morgan fingerprint density at radius 1 is 1.08 bits per heavy atom. The molecule has 0 saturated heterocycles. The number of benzene rings is 2. The molecule has 0 aliphatic heterocycles. The van der Waals surface area contributed by atoms with Crippen LogP contribution >= 0.6 is 22.9 Å². The average Bonchev–Trinajstić information content (AvgIpc) is 3.03. The van der Waals surface area contributed by atoms with Crippen molar-refractivity contribution in [3.8, 4) is 0 Å². The molecule has 0 saturated carbocycles. The van der Waals surface area contributed by atoms with E-state index in [1.807, 2.05) is 6.92 Å². The molecule has 134 valence electrons. The standard InChI is InChI=1S/C18H15ClN2O3S2/c1-12-5-7-15(8-6-12)26(23,24)21-16-9-10-25-17(16)18(22)20-14-4-2-3-13(19)11-14/h2-11,21H,1H3,(H,20,22). The molecule has 0 atom stereocenters. The number of nitrogens with one attached hydrogen (secondary N) is 2. The Morgan fingerprint density at radius 2 is 1.81 bits per heavy atom. The Hall–Kier alpha value is -2.35. The number of hydrogen-bond acceptors (Lipinski definition) is 4. The summed E-state index contributed by atoms with van der Waals surface area (Å²) in [5.74, 6) is -0.413. The first kappa shape index (κ1) is 18.4. The van der Waals surface area contributed by atoms with Crippen molar-refractivity contribution in [2.75, 3.05) is 10.0 Å². The van der Waals surface area contributed by atoms with Gasteiger partial charge in [0.25, 0.3) is 15.9 Å². The lowest BCUT2D eigenvalue weighted by molar-refractivity contribution is 0.103. The molecule has 1 amide bonds. The van der Waals surface area contributed by atoms with Gasteiger partial charge in [-0.2, -0.15) is 0 Å². The molecule has 0 aliphatic carbocycles. The molecular weight excluding hydrogens is 392 g/mol. The minimum Gasteiger partial charge on any atom is -0.321 e. The fourth-order valence-corrected chi connectivity index (χ4v) is 4.31. The summed E-state index contributed by atoms with van der Waals surface area (Å²) in [6.45, 7) is 1.88. The van der Waals surface area contributed by atoms with Gasteiger partial charge in [0, 0.05) is 10.7 Å². The summed E-state index contributed by atoms with van der Waals surface area (Å²) < 4.78 is 27.5. The summed E-state index contributed by atoms with van der Waals surface area (Å²) in [4.78, 5) is 12.9. The van der Waals surface area contributed by atoms with E-state index < -0.39 is 15.9 Å². The molecular formula is C18H15ClN2O3S2. The number of sulfonamides is 1. The molecule has 2 aromatic carbocycles. The van der Waals surface area contributed by atoms with Crippen LogP contribution in [0.1, 0.15) is 15.2 Å². The van der Waals surface area contributed by atoms with Crippen LogP contribution in [0, 0.1) is 6.92 Å². The third kappa shape index (κ3) is 4.24. The van der Waals surface area contributed by atoms with Gasteiger partial charge in [-0.25, -0.2) is 8.42 Å². The number of halogens is 1. The Morgan fingerprint density at radius 3 is 2.50 bits per heavy atom. The SMILES string of the molecule is Cc1ccc(S(=O)(=O)Nc2ccsc2C(=O)Nc2cccc(Cl)c2)cc1. The lowest BCUT2D eigenvalue weighted by atomic mass is 10.2. The second-order valence-corrected chi connectivity index (χ2v) is 8.58. The molecule has 1 aromatic heterocycles. The Labute approximate surface area is 160 Å². The van der Waals surface area contributed by atoms with E-state index in [0.29, 0.717) is 10.7 Å². The maximum atomic E-state index is 12.5. The van der Waals surface area contributed by atoms with Crippen molar-refractivity contribution in [2.24, 2.45) is 0 Å². The summed E-state index contributed by atoms with van der Waals surface area (Å²) in [6.07, 6.45) is 0. The van der Waals surface area contributed by atoms with Crippen LogP contribution in [0.3, 0.4) is 0 Å². The maximum Gasteiger partial charge on any atom is 0.267 e. The highest BCUT2D eigenvalue weighted by atomic mass is 35.5. The van der Waals surface area contributed by atoms with E-state index >= 15 is 0 Å². The molecule has 3 aromatic rings. The highest BCUT2D eigenvalue weighted by molar-refractivity contribution is 7.92. The van der Waals surface area contributed by atoms with Gasteiger partial charge in [-0.05, 0) is 48.7 Å². The molecule has 26 heavy (non-hydrogen) atoms. The van der Waals surface area contributed by atoms with Crippen LogP contribution in [0.15, 0.2) is 64.9 Å². The fraction of sp³-hybridized carbons (Fsp3) is 0.0556. The number of rotatable bonds is 5.